The number of halogens is 1. The van der Waals surface area contributed by atoms with Gasteiger partial charge in [-0.1, -0.05) is 0 Å². The van der Waals surface area contributed by atoms with Crippen LogP contribution in [0.2, 0.25) is 0 Å². The van der Waals surface area contributed by atoms with Crippen LogP contribution in [0.4, 0.5) is 0 Å². The Kier molecular flexibility index (Phi) is 3.41. The Bertz CT molecular complexity index is 280. The van der Waals surface area contributed by atoms with Gasteiger partial charge in [0.15, 0.2) is 0 Å². The predicted octanol–water partition coefficient (Wildman–Crippen LogP) is 3.49. The van der Waals surface area contributed by atoms with Crippen LogP contribution < -0.4 is 0 Å². The van der Waals surface area contributed by atoms with Crippen molar-refractivity contribution in [1.82, 2.24) is 0 Å². The summed E-state index contributed by atoms with van der Waals surface area (Å²) < 4.78 is 4.23. The maximum atomic E-state index is 6.08. The summed E-state index contributed by atoms with van der Waals surface area (Å²) in [5.74, 6) is 0. The van der Waals surface area contributed by atoms with Crippen LogP contribution in [0.3, 0.4) is 0 Å². The Morgan fingerprint density at radius 1 is 1.08 bits per heavy atom. The first-order chi connectivity index (χ1) is 6.42. The number of rotatable bonds is 3. The molecule has 2 heteroatoms. The minimum absolute atomic E-state index is 0.906. The van der Waals surface area contributed by atoms with Gasteiger partial charge in [-0.15, -0.1) is 0 Å². The Morgan fingerprint density at radius 3 is 1.92 bits per heavy atom. The van der Waals surface area contributed by atoms with Crippen LogP contribution in [0.25, 0.3) is 0 Å². The van der Waals surface area contributed by atoms with Crippen molar-refractivity contribution in [2.75, 3.05) is 3.59 Å². The van der Waals surface area contributed by atoms with Crippen LogP contribution in [-0.2, 0) is 21.8 Å². The van der Waals surface area contributed by atoms with Gasteiger partial charge in [0.05, 0.1) is 0 Å². The Morgan fingerprint density at radius 2 is 1.62 bits per heavy atom. The van der Waals surface area contributed by atoms with Gasteiger partial charge in [0.25, 0.3) is 0 Å². The molecule has 13 heavy (non-hydrogen) atoms. The number of hydrogen-bond acceptors (Lipinski definition) is 0. The Hall–Kier alpha value is 0.133. The molecule has 67 valence electrons. The van der Waals surface area contributed by atoms with Crippen molar-refractivity contribution < 1.29 is 21.8 Å². The van der Waals surface area contributed by atoms with Gasteiger partial charge in [-0.25, -0.2) is 0 Å². The van der Waals surface area contributed by atoms with Gasteiger partial charge in [-0.2, -0.15) is 0 Å². The third kappa shape index (κ3) is 2.14. The molecular formula is C11H12ClZr. The molecule has 0 spiro atoms. The van der Waals surface area contributed by atoms with Crippen molar-refractivity contribution in [3.05, 3.63) is 43.0 Å². The van der Waals surface area contributed by atoms with Crippen molar-refractivity contribution in [2.45, 2.75) is 12.8 Å². The van der Waals surface area contributed by atoms with E-state index in [0.29, 0.717) is 0 Å². The average molecular weight is 271 g/mol. The van der Waals surface area contributed by atoms with Gasteiger partial charge < -0.3 is 0 Å². The zero-order chi connectivity index (χ0) is 9.10. The van der Waals surface area contributed by atoms with Crippen LogP contribution in [0.5, 0.6) is 0 Å². The van der Waals surface area contributed by atoms with Gasteiger partial charge >= 0.3 is 92.8 Å². The quantitative estimate of drug-likeness (QED) is 0.689. The van der Waals surface area contributed by atoms with Crippen LogP contribution in [0.15, 0.2) is 43.0 Å². The molecule has 0 aliphatic heterocycles. The minimum atomic E-state index is -1.55. The summed E-state index contributed by atoms with van der Waals surface area (Å²) >= 11 is 4.53. The third-order valence-electron chi connectivity index (χ3n) is 2.45. The second-order valence-corrected chi connectivity index (χ2v) is 11.0. The molecule has 0 fully saturated rings. The van der Waals surface area contributed by atoms with E-state index in [1.54, 1.807) is 6.56 Å². The van der Waals surface area contributed by atoms with E-state index in [1.807, 2.05) is 0 Å². The van der Waals surface area contributed by atoms with Gasteiger partial charge in [-0.3, -0.25) is 0 Å². The molecule has 0 aromatic heterocycles. The van der Waals surface area contributed by atoms with E-state index in [1.165, 1.54) is 12.8 Å². The van der Waals surface area contributed by atoms with E-state index in [9.17, 15) is 0 Å². The molecule has 2 aliphatic rings. The molecule has 0 nitrogen and oxygen atoms in total. The van der Waals surface area contributed by atoms with Crippen molar-refractivity contribution in [2.24, 2.45) is 0 Å². The molecule has 0 saturated heterocycles. The molecule has 0 amide bonds. The fourth-order valence-electron chi connectivity index (χ4n) is 1.72. The topological polar surface area (TPSA) is 0 Å². The van der Waals surface area contributed by atoms with Crippen molar-refractivity contribution >= 4 is 11.6 Å². The van der Waals surface area contributed by atoms with Crippen molar-refractivity contribution in [1.29, 1.82) is 0 Å². The van der Waals surface area contributed by atoms with Gasteiger partial charge in [-0.05, 0) is 0 Å². The molecule has 0 heterocycles. The SMILES string of the molecule is Cl[CH2][Zr]([C]1=CC=CC1)[C]1=CC=CC1. The molecule has 0 atom stereocenters. The van der Waals surface area contributed by atoms with Crippen LogP contribution in [-0.4, -0.2) is 3.59 Å². The maximum absolute atomic E-state index is 6.08. The Labute approximate surface area is 92.3 Å². The first kappa shape index (κ1) is 9.68. The van der Waals surface area contributed by atoms with Gasteiger partial charge in [0.1, 0.15) is 0 Å². The normalized spacial score (nSPS) is 19.2. The molecule has 0 aromatic carbocycles. The van der Waals surface area contributed by atoms with E-state index in [-0.39, 0.29) is 0 Å². The summed E-state index contributed by atoms with van der Waals surface area (Å²) in [7, 11) is 0. The van der Waals surface area contributed by atoms with Crippen LogP contribution >= 0.6 is 11.6 Å². The van der Waals surface area contributed by atoms with E-state index in [4.69, 9.17) is 11.6 Å². The number of allylic oxidation sites excluding steroid dienone is 8. The standard InChI is InChI=1S/2C5H5.CH2Cl.Zr/c2*1-2-4-5-3-1;1-2;/h2*1-3H,4H2;1H2;. The summed E-state index contributed by atoms with van der Waals surface area (Å²) in [5, 5.41) is 0. The third-order valence-corrected chi connectivity index (χ3v) is 10.3. The summed E-state index contributed by atoms with van der Waals surface area (Å²) in [6, 6.07) is 0. The fraction of sp³-hybridized carbons (Fsp3) is 0.273. The summed E-state index contributed by atoms with van der Waals surface area (Å²) in [6.45, 7) is 0. The number of alkyl halides is 1. The molecule has 0 radical (unpaired) electrons. The molecule has 2 rings (SSSR count). The molecule has 2 aliphatic carbocycles. The summed E-state index contributed by atoms with van der Waals surface area (Å²) in [6.07, 6.45) is 15.7. The average Bonchev–Trinajstić information content (AvgIpc) is 2.76. The van der Waals surface area contributed by atoms with E-state index < -0.39 is 21.8 Å². The fourth-order valence-corrected chi connectivity index (χ4v) is 8.86. The molecule has 0 bridgehead atoms. The zero-order valence-corrected chi connectivity index (χ0v) is 10.7. The van der Waals surface area contributed by atoms with Crippen molar-refractivity contribution in [3.63, 3.8) is 0 Å². The second kappa shape index (κ2) is 4.57. The van der Waals surface area contributed by atoms with E-state index in [0.717, 1.165) is 3.59 Å². The number of hydrogen-bond donors (Lipinski definition) is 0. The summed E-state index contributed by atoms with van der Waals surface area (Å²) in [5.41, 5.74) is 0. The molecule has 0 unspecified atom stereocenters. The van der Waals surface area contributed by atoms with E-state index in [2.05, 4.69) is 36.5 Å². The van der Waals surface area contributed by atoms with Crippen LogP contribution in [0, 0.1) is 0 Å². The molecule has 0 aromatic rings. The Balaban J connectivity index is 2.09. The molecule has 0 N–H and O–H groups in total. The molecule has 0 saturated carbocycles. The van der Waals surface area contributed by atoms with E-state index >= 15 is 0 Å². The first-order valence-electron chi connectivity index (χ1n) is 4.56. The zero-order valence-electron chi connectivity index (χ0n) is 7.46. The first-order valence-corrected chi connectivity index (χ1v) is 9.29. The second-order valence-electron chi connectivity index (χ2n) is 3.26. The predicted molar refractivity (Wildman–Crippen MR) is 54.4 cm³/mol. The van der Waals surface area contributed by atoms with Crippen molar-refractivity contribution in [3.8, 4) is 0 Å². The summed E-state index contributed by atoms with van der Waals surface area (Å²) in [4.78, 5) is 0. The van der Waals surface area contributed by atoms with Gasteiger partial charge in [0, 0.05) is 0 Å². The van der Waals surface area contributed by atoms with Crippen LogP contribution in [0.1, 0.15) is 12.8 Å². The monoisotopic (exact) mass is 269 g/mol. The molecular weight excluding hydrogens is 259 g/mol. The van der Waals surface area contributed by atoms with Gasteiger partial charge in [0.2, 0.25) is 0 Å².